The number of rotatable bonds is 6. The SMILES string of the molecule is Cc1ccc(-c2cc(C(=O)NCc3cnc(C)cn3)cc(-n3ncnc3C(C)(F)F)c2)nc1. The number of carbonyl (C=O) groups excluding carboxylic acids is 1. The fraction of sp³-hybridized carbons (Fsp3) is 0.217. The van der Waals surface area contributed by atoms with Crippen molar-refractivity contribution in [1.82, 2.24) is 35.0 Å². The van der Waals surface area contributed by atoms with Crippen LogP contribution >= 0.6 is 0 Å². The Balaban J connectivity index is 1.73. The molecule has 0 saturated heterocycles. The molecule has 3 aromatic heterocycles. The van der Waals surface area contributed by atoms with E-state index in [2.05, 4.69) is 30.4 Å². The van der Waals surface area contributed by atoms with Crippen molar-refractivity contribution < 1.29 is 13.6 Å². The number of hydrogen-bond acceptors (Lipinski definition) is 6. The second kappa shape index (κ2) is 8.81. The minimum absolute atomic E-state index is 0.163. The Kier molecular flexibility index (Phi) is 5.91. The summed E-state index contributed by atoms with van der Waals surface area (Å²) in [5.41, 5.74) is 4.02. The van der Waals surface area contributed by atoms with Crippen LogP contribution in [0.15, 0.2) is 55.2 Å². The maximum absolute atomic E-state index is 14.1. The number of aromatic nitrogens is 6. The molecule has 0 bridgehead atoms. The van der Waals surface area contributed by atoms with Crippen molar-refractivity contribution in [2.45, 2.75) is 33.2 Å². The van der Waals surface area contributed by atoms with E-state index in [9.17, 15) is 13.6 Å². The summed E-state index contributed by atoms with van der Waals surface area (Å²) in [7, 11) is 0. The van der Waals surface area contributed by atoms with Crippen LogP contribution < -0.4 is 5.32 Å². The number of halogens is 2. The number of hydrogen-bond donors (Lipinski definition) is 1. The van der Waals surface area contributed by atoms with Crippen molar-refractivity contribution in [2.24, 2.45) is 0 Å². The van der Waals surface area contributed by atoms with Gasteiger partial charge in [0, 0.05) is 30.4 Å². The molecular formula is C23H21F2N7O. The van der Waals surface area contributed by atoms with Gasteiger partial charge in [-0.05, 0) is 43.7 Å². The minimum atomic E-state index is -3.22. The number of alkyl halides is 2. The zero-order valence-electron chi connectivity index (χ0n) is 18.3. The maximum atomic E-state index is 14.1. The highest BCUT2D eigenvalue weighted by molar-refractivity contribution is 5.96. The second-order valence-corrected chi connectivity index (χ2v) is 7.70. The molecule has 0 fully saturated rings. The minimum Gasteiger partial charge on any atom is -0.346 e. The molecule has 0 radical (unpaired) electrons. The maximum Gasteiger partial charge on any atom is 0.303 e. The number of benzene rings is 1. The van der Waals surface area contributed by atoms with Crippen molar-refractivity contribution >= 4 is 5.91 Å². The van der Waals surface area contributed by atoms with Gasteiger partial charge >= 0.3 is 5.92 Å². The normalized spacial score (nSPS) is 11.4. The van der Waals surface area contributed by atoms with Crippen LogP contribution in [0, 0.1) is 13.8 Å². The summed E-state index contributed by atoms with van der Waals surface area (Å²) in [6.07, 6.45) is 5.94. The zero-order chi connectivity index (χ0) is 23.6. The van der Waals surface area contributed by atoms with Gasteiger partial charge in [-0.25, -0.2) is 9.67 Å². The lowest BCUT2D eigenvalue weighted by Crippen LogP contribution is -2.24. The van der Waals surface area contributed by atoms with Crippen molar-refractivity contribution in [3.05, 3.63) is 83.6 Å². The molecule has 168 valence electrons. The van der Waals surface area contributed by atoms with Crippen LogP contribution in [0.5, 0.6) is 0 Å². The Morgan fingerprint density at radius 3 is 2.52 bits per heavy atom. The van der Waals surface area contributed by atoms with Gasteiger partial charge in [-0.2, -0.15) is 13.9 Å². The van der Waals surface area contributed by atoms with Gasteiger partial charge in [-0.1, -0.05) is 6.07 Å². The van der Waals surface area contributed by atoms with E-state index in [-0.39, 0.29) is 17.8 Å². The van der Waals surface area contributed by atoms with Gasteiger partial charge in [-0.15, -0.1) is 0 Å². The summed E-state index contributed by atoms with van der Waals surface area (Å²) in [6, 6.07) is 8.46. The molecule has 0 aliphatic heterocycles. The fourth-order valence-corrected chi connectivity index (χ4v) is 3.16. The van der Waals surface area contributed by atoms with E-state index in [0.29, 0.717) is 17.0 Å². The number of nitrogens with one attached hydrogen (secondary N) is 1. The summed E-state index contributed by atoms with van der Waals surface area (Å²) in [4.78, 5) is 29.4. The monoisotopic (exact) mass is 449 g/mol. The first-order valence-corrected chi connectivity index (χ1v) is 10.1. The summed E-state index contributed by atoms with van der Waals surface area (Å²) in [6.45, 7) is 4.63. The Morgan fingerprint density at radius 2 is 1.85 bits per heavy atom. The lowest BCUT2D eigenvalue weighted by molar-refractivity contribution is 0.00554. The zero-order valence-corrected chi connectivity index (χ0v) is 18.3. The summed E-state index contributed by atoms with van der Waals surface area (Å²) < 4.78 is 29.2. The van der Waals surface area contributed by atoms with Gasteiger partial charge < -0.3 is 5.32 Å². The van der Waals surface area contributed by atoms with Gasteiger partial charge in [0.1, 0.15) is 6.33 Å². The average molecular weight is 449 g/mol. The van der Waals surface area contributed by atoms with Crippen LogP contribution in [-0.4, -0.2) is 35.6 Å². The molecule has 8 nitrogen and oxygen atoms in total. The van der Waals surface area contributed by atoms with Gasteiger partial charge in [-0.3, -0.25) is 19.7 Å². The highest BCUT2D eigenvalue weighted by Gasteiger charge is 2.31. The van der Waals surface area contributed by atoms with Gasteiger partial charge in [0.05, 0.1) is 35.5 Å². The molecule has 1 amide bonds. The van der Waals surface area contributed by atoms with E-state index < -0.39 is 17.7 Å². The Bertz CT molecular complexity index is 1280. The first-order valence-electron chi connectivity index (χ1n) is 10.1. The summed E-state index contributed by atoms with van der Waals surface area (Å²) in [5.74, 6) is -4.16. The van der Waals surface area contributed by atoms with Crippen LogP contribution in [0.1, 0.15) is 40.1 Å². The van der Waals surface area contributed by atoms with Gasteiger partial charge in [0.25, 0.3) is 5.91 Å². The molecule has 1 aromatic carbocycles. The predicted molar refractivity (Wildman–Crippen MR) is 117 cm³/mol. The number of nitrogens with zero attached hydrogens (tertiary/aromatic N) is 6. The number of aryl methyl sites for hydroxylation is 2. The molecule has 0 atom stereocenters. The Hall–Kier alpha value is -4.08. The molecule has 3 heterocycles. The lowest BCUT2D eigenvalue weighted by Gasteiger charge is -2.14. The van der Waals surface area contributed by atoms with E-state index in [1.807, 2.05) is 19.9 Å². The van der Waals surface area contributed by atoms with E-state index in [1.54, 1.807) is 36.8 Å². The number of amides is 1. The fourth-order valence-electron chi connectivity index (χ4n) is 3.16. The van der Waals surface area contributed by atoms with E-state index >= 15 is 0 Å². The van der Waals surface area contributed by atoms with Crippen molar-refractivity contribution in [3.8, 4) is 16.9 Å². The molecule has 4 rings (SSSR count). The van der Waals surface area contributed by atoms with E-state index in [0.717, 1.165) is 29.2 Å². The van der Waals surface area contributed by atoms with Crippen LogP contribution in [-0.2, 0) is 12.5 Å². The largest absolute Gasteiger partial charge is 0.346 e. The van der Waals surface area contributed by atoms with Crippen LogP contribution in [0.2, 0.25) is 0 Å². The van der Waals surface area contributed by atoms with Crippen molar-refractivity contribution in [3.63, 3.8) is 0 Å². The predicted octanol–water partition coefficient (Wildman–Crippen LogP) is 3.78. The standard InChI is InChI=1S/C23H21F2N7O/c1-14-4-5-20(28-9-14)16-6-17(21(33)29-12-18-11-26-15(2)10-27-18)8-19(7-16)32-22(23(3,24)25)30-13-31-32/h4-11,13H,12H2,1-3H3,(H,29,33). The highest BCUT2D eigenvalue weighted by atomic mass is 19.3. The van der Waals surface area contributed by atoms with Crippen LogP contribution in [0.3, 0.4) is 0 Å². The topological polar surface area (TPSA) is 98.5 Å². The molecule has 33 heavy (non-hydrogen) atoms. The number of pyridine rings is 1. The van der Waals surface area contributed by atoms with Gasteiger partial charge in [0.15, 0.2) is 0 Å². The van der Waals surface area contributed by atoms with Crippen LogP contribution in [0.25, 0.3) is 16.9 Å². The third kappa shape index (κ3) is 5.05. The van der Waals surface area contributed by atoms with Crippen LogP contribution in [0.4, 0.5) is 8.78 Å². The first kappa shape index (κ1) is 22.1. The molecule has 4 aromatic rings. The molecule has 0 spiro atoms. The van der Waals surface area contributed by atoms with E-state index in [4.69, 9.17) is 0 Å². The first-order chi connectivity index (χ1) is 15.7. The van der Waals surface area contributed by atoms with Crippen molar-refractivity contribution in [1.29, 1.82) is 0 Å². The Labute approximate surface area is 188 Å². The quantitative estimate of drug-likeness (QED) is 0.481. The molecule has 1 N–H and O–H groups in total. The molecule has 0 saturated carbocycles. The smallest absolute Gasteiger partial charge is 0.303 e. The number of carbonyl (C=O) groups is 1. The summed E-state index contributed by atoms with van der Waals surface area (Å²) >= 11 is 0. The Morgan fingerprint density at radius 1 is 1.03 bits per heavy atom. The van der Waals surface area contributed by atoms with E-state index in [1.165, 1.54) is 6.07 Å². The summed E-state index contributed by atoms with van der Waals surface area (Å²) in [5, 5.41) is 6.74. The third-order valence-corrected chi connectivity index (χ3v) is 4.84. The van der Waals surface area contributed by atoms with Crippen molar-refractivity contribution in [2.75, 3.05) is 0 Å². The molecule has 0 unspecified atom stereocenters. The molecular weight excluding hydrogens is 428 g/mol. The second-order valence-electron chi connectivity index (χ2n) is 7.70. The highest BCUT2D eigenvalue weighted by Crippen LogP contribution is 2.29. The van der Waals surface area contributed by atoms with Gasteiger partial charge in [0.2, 0.25) is 5.82 Å². The lowest BCUT2D eigenvalue weighted by atomic mass is 10.0. The average Bonchev–Trinajstić information content (AvgIpc) is 3.29. The third-order valence-electron chi connectivity index (χ3n) is 4.84. The molecule has 0 aliphatic carbocycles. The molecule has 10 heteroatoms. The molecule has 0 aliphatic rings.